The van der Waals surface area contributed by atoms with E-state index in [4.69, 9.17) is 27.4 Å². The summed E-state index contributed by atoms with van der Waals surface area (Å²) in [6, 6.07) is -0.437. The Morgan fingerprint density at radius 2 is 2.30 bits per heavy atom. The van der Waals surface area contributed by atoms with Gasteiger partial charge in [0.2, 0.25) is 0 Å². The van der Waals surface area contributed by atoms with Gasteiger partial charge in [0, 0.05) is 6.20 Å². The van der Waals surface area contributed by atoms with Crippen molar-refractivity contribution in [1.82, 2.24) is 10.0 Å². The van der Waals surface area contributed by atoms with Gasteiger partial charge in [-0.05, 0) is 6.07 Å². The quantitative estimate of drug-likeness (QED) is 0.384. The maximum Gasteiger partial charge on any atom is 0.417 e. The van der Waals surface area contributed by atoms with Gasteiger partial charge in [0.15, 0.2) is 6.34 Å². The molecule has 2 amide bonds. The van der Waals surface area contributed by atoms with Crippen LogP contribution in [-0.4, -0.2) is 27.6 Å². The number of aromatic nitrogens is 1. The summed E-state index contributed by atoms with van der Waals surface area (Å²) >= 11 is 5.62. The number of pyridine rings is 1. The first-order chi connectivity index (χ1) is 9.25. The van der Waals surface area contributed by atoms with Crippen LogP contribution in [0.1, 0.15) is 11.3 Å². The molecule has 0 aliphatic rings. The number of carbonyl (C=O) groups is 1. The zero-order chi connectivity index (χ0) is 15.3. The molecule has 0 radical (unpaired) electrons. The topological polar surface area (TPSA) is 101 Å². The zero-order valence-corrected chi connectivity index (χ0v) is 10.4. The van der Waals surface area contributed by atoms with Crippen molar-refractivity contribution < 1.29 is 28.0 Å². The second kappa shape index (κ2) is 6.39. The molecule has 0 spiro atoms. The van der Waals surface area contributed by atoms with Gasteiger partial charge in [0.05, 0.1) is 16.3 Å². The summed E-state index contributed by atoms with van der Waals surface area (Å²) < 4.78 is 37.1. The molecule has 0 aromatic carbocycles. The normalized spacial score (nSPS) is 11.8. The molecule has 0 bridgehead atoms. The number of hydrogen-bond acceptors (Lipinski definition) is 5. The van der Waals surface area contributed by atoms with Crippen LogP contribution in [0.25, 0.3) is 0 Å². The Hall–Kier alpha value is -2.07. The molecule has 0 saturated carbocycles. The predicted molar refractivity (Wildman–Crippen MR) is 60.7 cm³/mol. The molecule has 20 heavy (non-hydrogen) atoms. The van der Waals surface area contributed by atoms with Gasteiger partial charge in [-0.15, -0.1) is 0 Å². The number of primary amides is 1. The summed E-state index contributed by atoms with van der Waals surface area (Å²) in [5, 5.41) is 10.8. The highest BCUT2D eigenvalue weighted by Crippen LogP contribution is 2.31. The minimum Gasteiger partial charge on any atom is -0.410 e. The number of nitrogens with two attached hydrogens (primary N) is 1. The van der Waals surface area contributed by atoms with Gasteiger partial charge < -0.3 is 10.9 Å². The molecule has 0 fully saturated rings. The van der Waals surface area contributed by atoms with Crippen molar-refractivity contribution in [2.24, 2.45) is 10.9 Å². The van der Waals surface area contributed by atoms with Crippen molar-refractivity contribution in [1.29, 1.82) is 0 Å². The van der Waals surface area contributed by atoms with Crippen LogP contribution in [0, 0.1) is 0 Å². The standard InChI is InChI=1S/C9H8ClF3N4O3/c10-6-1-5(9(11,12)13)2-15-7(6)3-20-17(4-16-19)8(14)18/h1-2,4,19H,3H2,(H2,14,18)/b16-4+. The Kier molecular flexibility index (Phi) is 5.11. The number of amides is 2. The molecule has 0 aliphatic heterocycles. The first-order valence-corrected chi connectivity index (χ1v) is 5.24. The van der Waals surface area contributed by atoms with Crippen molar-refractivity contribution in [2.75, 3.05) is 0 Å². The van der Waals surface area contributed by atoms with Gasteiger partial charge in [0.25, 0.3) is 0 Å². The Morgan fingerprint density at radius 1 is 1.65 bits per heavy atom. The molecule has 0 aliphatic carbocycles. The van der Waals surface area contributed by atoms with Gasteiger partial charge >= 0.3 is 12.2 Å². The fourth-order valence-corrected chi connectivity index (χ4v) is 1.28. The number of carbonyl (C=O) groups excluding carboxylic acids is 1. The van der Waals surface area contributed by atoms with E-state index in [-0.39, 0.29) is 10.7 Å². The van der Waals surface area contributed by atoms with Gasteiger partial charge in [-0.25, -0.2) is 4.79 Å². The minimum absolute atomic E-state index is 0.0581. The van der Waals surface area contributed by atoms with E-state index in [2.05, 4.69) is 10.1 Å². The van der Waals surface area contributed by atoms with Crippen LogP contribution in [0.15, 0.2) is 17.4 Å². The molecule has 7 nitrogen and oxygen atoms in total. The van der Waals surface area contributed by atoms with Crippen molar-refractivity contribution in [3.63, 3.8) is 0 Å². The molecule has 0 unspecified atom stereocenters. The van der Waals surface area contributed by atoms with Crippen molar-refractivity contribution in [3.05, 3.63) is 28.5 Å². The maximum atomic E-state index is 12.4. The number of urea groups is 1. The zero-order valence-electron chi connectivity index (χ0n) is 9.63. The van der Waals surface area contributed by atoms with E-state index in [1.54, 1.807) is 0 Å². The fraction of sp³-hybridized carbons (Fsp3) is 0.222. The van der Waals surface area contributed by atoms with Crippen LogP contribution in [0.2, 0.25) is 5.02 Å². The van der Waals surface area contributed by atoms with Gasteiger partial charge in [0.1, 0.15) is 6.61 Å². The number of alkyl halides is 3. The number of hydroxylamine groups is 2. The van der Waals surface area contributed by atoms with Crippen LogP contribution in [0.3, 0.4) is 0 Å². The molecule has 1 aromatic heterocycles. The van der Waals surface area contributed by atoms with Crippen LogP contribution in [0.4, 0.5) is 18.0 Å². The van der Waals surface area contributed by atoms with Crippen LogP contribution >= 0.6 is 11.6 Å². The van der Waals surface area contributed by atoms with Crippen molar-refractivity contribution in [3.8, 4) is 0 Å². The highest BCUT2D eigenvalue weighted by atomic mass is 35.5. The smallest absolute Gasteiger partial charge is 0.410 e. The third-order valence-electron chi connectivity index (χ3n) is 1.96. The molecular weight excluding hydrogens is 305 g/mol. The van der Waals surface area contributed by atoms with E-state index in [9.17, 15) is 18.0 Å². The Balaban J connectivity index is 2.81. The Morgan fingerprint density at radius 3 is 2.75 bits per heavy atom. The van der Waals surface area contributed by atoms with E-state index in [1.165, 1.54) is 0 Å². The van der Waals surface area contributed by atoms with E-state index < -0.39 is 24.4 Å². The molecule has 3 N–H and O–H groups in total. The first kappa shape index (κ1) is 16.0. The summed E-state index contributed by atoms with van der Waals surface area (Å²) in [5.74, 6) is 0. The maximum absolute atomic E-state index is 12.4. The highest BCUT2D eigenvalue weighted by Gasteiger charge is 2.31. The SMILES string of the molecule is NC(=O)N(/C=N/O)OCc1ncc(C(F)(F)F)cc1Cl. The first-order valence-electron chi connectivity index (χ1n) is 4.86. The Bertz CT molecular complexity index is 524. The molecule has 1 aromatic rings. The molecule has 11 heteroatoms. The third-order valence-corrected chi connectivity index (χ3v) is 2.29. The molecule has 0 atom stereocenters. The van der Waals surface area contributed by atoms with Gasteiger partial charge in [-0.1, -0.05) is 16.8 Å². The third kappa shape index (κ3) is 4.24. The van der Waals surface area contributed by atoms with E-state index in [0.717, 1.165) is 0 Å². The van der Waals surface area contributed by atoms with Crippen molar-refractivity contribution in [2.45, 2.75) is 12.8 Å². The summed E-state index contributed by atoms with van der Waals surface area (Å²) in [7, 11) is 0. The monoisotopic (exact) mass is 312 g/mol. The second-order valence-electron chi connectivity index (χ2n) is 3.32. The molecule has 1 rings (SSSR count). The molecule has 1 heterocycles. The summed E-state index contributed by atoms with van der Waals surface area (Å²) in [5.41, 5.74) is 3.79. The van der Waals surface area contributed by atoms with Crippen LogP contribution < -0.4 is 5.73 Å². The summed E-state index contributed by atoms with van der Waals surface area (Å²) in [6.07, 6.45) is -3.45. The van der Waals surface area contributed by atoms with Crippen molar-refractivity contribution >= 4 is 24.0 Å². The van der Waals surface area contributed by atoms with E-state index >= 15 is 0 Å². The van der Waals surface area contributed by atoms with E-state index in [1.807, 2.05) is 0 Å². The average molecular weight is 313 g/mol. The second-order valence-corrected chi connectivity index (χ2v) is 3.73. The number of rotatable bonds is 4. The minimum atomic E-state index is -4.57. The van der Waals surface area contributed by atoms with E-state index in [0.29, 0.717) is 23.7 Å². The molecule has 110 valence electrons. The average Bonchev–Trinajstić information content (AvgIpc) is 2.34. The lowest BCUT2D eigenvalue weighted by molar-refractivity contribution is -0.137. The lowest BCUT2D eigenvalue weighted by Gasteiger charge is -2.14. The van der Waals surface area contributed by atoms with Crippen LogP contribution in [-0.2, 0) is 17.6 Å². The number of oxime groups is 1. The highest BCUT2D eigenvalue weighted by molar-refractivity contribution is 6.31. The van der Waals surface area contributed by atoms with Crippen LogP contribution in [0.5, 0.6) is 0 Å². The predicted octanol–water partition coefficient (Wildman–Crippen LogP) is 1.98. The van der Waals surface area contributed by atoms with Gasteiger partial charge in [-0.2, -0.15) is 18.2 Å². The Labute approximate surface area is 115 Å². The fourth-order valence-electron chi connectivity index (χ4n) is 1.06. The molecule has 0 saturated heterocycles. The summed E-state index contributed by atoms with van der Waals surface area (Å²) in [6.45, 7) is -0.452. The largest absolute Gasteiger partial charge is 0.417 e. The lowest BCUT2D eigenvalue weighted by atomic mass is 10.2. The number of hydrogen-bond donors (Lipinski definition) is 2. The molecular formula is C9H8ClF3N4O3. The number of nitrogens with zero attached hydrogens (tertiary/aromatic N) is 3. The number of halogens is 4. The van der Waals surface area contributed by atoms with Gasteiger partial charge in [-0.3, -0.25) is 9.82 Å². The summed E-state index contributed by atoms with van der Waals surface area (Å²) in [4.78, 5) is 19.0. The lowest BCUT2D eigenvalue weighted by Crippen LogP contribution is -2.34.